The second kappa shape index (κ2) is 7.40. The minimum Gasteiger partial charge on any atom is -0.273 e. The maximum absolute atomic E-state index is 14.2. The van der Waals surface area contributed by atoms with Crippen molar-refractivity contribution < 1.29 is 4.39 Å². The Bertz CT molecular complexity index is 1280. The van der Waals surface area contributed by atoms with E-state index in [1.54, 1.807) is 54.6 Å². The molecule has 140 valence electrons. The zero-order valence-electron chi connectivity index (χ0n) is 14.7. The molecule has 0 fully saturated rings. The largest absolute Gasteiger partial charge is 0.333 e. The van der Waals surface area contributed by atoms with Gasteiger partial charge in [-0.1, -0.05) is 41.9 Å². The van der Waals surface area contributed by atoms with Crippen molar-refractivity contribution in [3.63, 3.8) is 0 Å². The van der Waals surface area contributed by atoms with Crippen molar-refractivity contribution in [3.05, 3.63) is 110 Å². The molecule has 0 saturated heterocycles. The van der Waals surface area contributed by atoms with E-state index in [0.717, 1.165) is 10.1 Å². The fourth-order valence-electron chi connectivity index (χ4n) is 3.10. The first-order chi connectivity index (χ1) is 13.5. The van der Waals surface area contributed by atoms with Gasteiger partial charge < -0.3 is 0 Å². The topological polar surface area (TPSA) is 56.9 Å². The molecule has 0 spiro atoms. The molecule has 4 aromatic rings. The SMILES string of the molecule is O=c1c2cccnc2n(Cc2ccccc2F)c(=O)n1Cc1ccc(Cl)cc1. The quantitative estimate of drug-likeness (QED) is 0.532. The average molecular weight is 396 g/mol. The van der Waals surface area contributed by atoms with Gasteiger partial charge >= 0.3 is 5.69 Å². The lowest BCUT2D eigenvalue weighted by Crippen LogP contribution is -2.41. The van der Waals surface area contributed by atoms with Crippen LogP contribution in [-0.2, 0) is 13.1 Å². The van der Waals surface area contributed by atoms with Gasteiger partial charge in [0.25, 0.3) is 5.56 Å². The third-order valence-electron chi connectivity index (χ3n) is 4.52. The minimum atomic E-state index is -0.547. The Morgan fingerprint density at radius 2 is 1.64 bits per heavy atom. The lowest BCUT2D eigenvalue weighted by atomic mass is 10.2. The molecule has 2 aromatic carbocycles. The van der Waals surface area contributed by atoms with Gasteiger partial charge in [0.15, 0.2) is 0 Å². The summed E-state index contributed by atoms with van der Waals surface area (Å²) in [4.78, 5) is 30.2. The molecule has 28 heavy (non-hydrogen) atoms. The molecule has 4 rings (SSSR count). The van der Waals surface area contributed by atoms with Crippen LogP contribution in [0.2, 0.25) is 5.02 Å². The van der Waals surface area contributed by atoms with Gasteiger partial charge in [-0.05, 0) is 35.9 Å². The summed E-state index contributed by atoms with van der Waals surface area (Å²) in [5.41, 5.74) is 0.341. The van der Waals surface area contributed by atoms with E-state index >= 15 is 0 Å². The molecule has 2 aromatic heterocycles. The molecule has 0 N–H and O–H groups in total. The Morgan fingerprint density at radius 3 is 2.39 bits per heavy atom. The summed E-state index contributed by atoms with van der Waals surface area (Å²) < 4.78 is 16.6. The summed E-state index contributed by atoms with van der Waals surface area (Å²) >= 11 is 5.91. The van der Waals surface area contributed by atoms with Crippen molar-refractivity contribution in [2.24, 2.45) is 0 Å². The van der Waals surface area contributed by atoms with Crippen LogP contribution in [0.3, 0.4) is 0 Å². The molecule has 7 heteroatoms. The lowest BCUT2D eigenvalue weighted by Gasteiger charge is -2.14. The van der Waals surface area contributed by atoms with Crippen LogP contribution in [-0.4, -0.2) is 14.1 Å². The van der Waals surface area contributed by atoms with Gasteiger partial charge in [-0.15, -0.1) is 0 Å². The Kier molecular flexibility index (Phi) is 4.79. The van der Waals surface area contributed by atoms with E-state index in [2.05, 4.69) is 4.98 Å². The molecule has 0 bridgehead atoms. The number of halogens is 2. The molecule has 0 aliphatic rings. The molecule has 0 amide bonds. The van der Waals surface area contributed by atoms with Crippen molar-refractivity contribution in [1.29, 1.82) is 0 Å². The van der Waals surface area contributed by atoms with Gasteiger partial charge in [-0.25, -0.2) is 14.2 Å². The molecule has 0 atom stereocenters. The summed E-state index contributed by atoms with van der Waals surface area (Å²) in [5, 5.41) is 0.864. The number of rotatable bonds is 4. The van der Waals surface area contributed by atoms with E-state index < -0.39 is 17.1 Å². The van der Waals surface area contributed by atoms with Crippen LogP contribution >= 0.6 is 11.6 Å². The summed E-state index contributed by atoms with van der Waals surface area (Å²) in [6.07, 6.45) is 1.50. The minimum absolute atomic E-state index is 0.0279. The molecular weight excluding hydrogens is 381 g/mol. The molecule has 0 saturated carbocycles. The normalized spacial score (nSPS) is 11.1. The molecule has 0 unspecified atom stereocenters. The second-order valence-electron chi connectivity index (χ2n) is 6.35. The number of hydrogen-bond donors (Lipinski definition) is 0. The smallest absolute Gasteiger partial charge is 0.273 e. The van der Waals surface area contributed by atoms with Gasteiger partial charge in [-0.2, -0.15) is 0 Å². The van der Waals surface area contributed by atoms with Gasteiger partial charge in [0.1, 0.15) is 11.5 Å². The van der Waals surface area contributed by atoms with Crippen LogP contribution in [0.5, 0.6) is 0 Å². The highest BCUT2D eigenvalue weighted by atomic mass is 35.5. The average Bonchev–Trinajstić information content (AvgIpc) is 2.71. The number of benzene rings is 2. The monoisotopic (exact) mass is 395 g/mol. The number of pyridine rings is 1. The molecule has 0 aliphatic carbocycles. The third kappa shape index (κ3) is 3.34. The molecule has 5 nitrogen and oxygen atoms in total. The summed E-state index contributed by atoms with van der Waals surface area (Å²) in [5.74, 6) is -0.422. The van der Waals surface area contributed by atoms with Gasteiger partial charge in [0.05, 0.1) is 18.5 Å². The van der Waals surface area contributed by atoms with Crippen LogP contribution in [0.15, 0.2) is 76.4 Å². The standard InChI is InChI=1S/C21H15ClFN3O2/c22-16-9-7-14(8-10-16)12-26-20(27)17-5-3-11-24-19(17)25(21(26)28)13-15-4-1-2-6-18(15)23/h1-11H,12-13H2. The van der Waals surface area contributed by atoms with Crippen LogP contribution in [0.1, 0.15) is 11.1 Å². The first-order valence-electron chi connectivity index (χ1n) is 8.61. The first-order valence-corrected chi connectivity index (χ1v) is 8.98. The maximum Gasteiger partial charge on any atom is 0.333 e. The van der Waals surface area contributed by atoms with Crippen LogP contribution in [0.4, 0.5) is 4.39 Å². The van der Waals surface area contributed by atoms with E-state index in [0.29, 0.717) is 16.0 Å². The Morgan fingerprint density at radius 1 is 0.893 bits per heavy atom. The van der Waals surface area contributed by atoms with E-state index in [9.17, 15) is 14.0 Å². The van der Waals surface area contributed by atoms with E-state index in [1.165, 1.54) is 16.8 Å². The Balaban J connectivity index is 1.91. The summed E-state index contributed by atoms with van der Waals surface area (Å²) in [6.45, 7) is 0.0524. The van der Waals surface area contributed by atoms with Crippen molar-refractivity contribution in [1.82, 2.24) is 14.1 Å². The number of nitrogens with zero attached hydrogens (tertiary/aromatic N) is 3. The van der Waals surface area contributed by atoms with Gasteiger partial charge in [-0.3, -0.25) is 13.9 Å². The summed E-state index contributed by atoms with van der Waals surface area (Å²) in [6, 6.07) is 16.4. The number of fused-ring (bicyclic) bond motifs is 1. The van der Waals surface area contributed by atoms with Crippen LogP contribution in [0, 0.1) is 5.82 Å². The van der Waals surface area contributed by atoms with Crippen LogP contribution in [0.25, 0.3) is 11.0 Å². The number of aromatic nitrogens is 3. The molecule has 2 heterocycles. The zero-order valence-corrected chi connectivity index (χ0v) is 15.4. The third-order valence-corrected chi connectivity index (χ3v) is 4.77. The van der Waals surface area contributed by atoms with Gasteiger partial charge in [0.2, 0.25) is 0 Å². The molecule has 0 radical (unpaired) electrons. The maximum atomic E-state index is 14.2. The molecule has 0 aliphatic heterocycles. The van der Waals surface area contributed by atoms with Crippen molar-refractivity contribution in [3.8, 4) is 0 Å². The first kappa shape index (κ1) is 18.1. The van der Waals surface area contributed by atoms with Gasteiger partial charge in [0, 0.05) is 16.8 Å². The van der Waals surface area contributed by atoms with E-state index in [-0.39, 0.29) is 18.7 Å². The molecular formula is C21H15ClFN3O2. The highest BCUT2D eigenvalue weighted by molar-refractivity contribution is 6.30. The second-order valence-corrected chi connectivity index (χ2v) is 6.79. The Hall–Kier alpha value is -3.25. The zero-order chi connectivity index (χ0) is 19.7. The van der Waals surface area contributed by atoms with E-state index in [1.807, 2.05) is 0 Å². The van der Waals surface area contributed by atoms with Crippen molar-refractivity contribution in [2.75, 3.05) is 0 Å². The Labute approximate surface area is 164 Å². The predicted molar refractivity (Wildman–Crippen MR) is 106 cm³/mol. The predicted octanol–water partition coefficient (Wildman–Crippen LogP) is 3.45. The fourth-order valence-corrected chi connectivity index (χ4v) is 3.22. The van der Waals surface area contributed by atoms with E-state index in [4.69, 9.17) is 11.6 Å². The lowest BCUT2D eigenvalue weighted by molar-refractivity contribution is 0.582. The van der Waals surface area contributed by atoms with Crippen LogP contribution < -0.4 is 11.2 Å². The fraction of sp³-hybridized carbons (Fsp3) is 0.0952. The van der Waals surface area contributed by atoms with Crippen molar-refractivity contribution >= 4 is 22.6 Å². The van der Waals surface area contributed by atoms with Crippen molar-refractivity contribution in [2.45, 2.75) is 13.1 Å². The summed E-state index contributed by atoms with van der Waals surface area (Å²) in [7, 11) is 0. The highest BCUT2D eigenvalue weighted by Crippen LogP contribution is 2.13. The number of hydrogen-bond acceptors (Lipinski definition) is 3. The highest BCUT2D eigenvalue weighted by Gasteiger charge is 2.15.